The van der Waals surface area contributed by atoms with E-state index in [1.807, 2.05) is 0 Å². The average Bonchev–Trinajstić information content (AvgIpc) is 2.90. The van der Waals surface area contributed by atoms with Crippen molar-refractivity contribution in [1.29, 1.82) is 0 Å². The summed E-state index contributed by atoms with van der Waals surface area (Å²) >= 11 is 3.54. The summed E-state index contributed by atoms with van der Waals surface area (Å²) in [5.74, 6) is 1.35. The third-order valence-corrected chi connectivity index (χ3v) is 7.18. The van der Waals surface area contributed by atoms with Crippen molar-refractivity contribution in [2.24, 2.45) is 10.9 Å². The molecule has 4 rings (SSSR count). The molecule has 11 heteroatoms. The Balaban J connectivity index is 1.46. The highest BCUT2D eigenvalue weighted by Gasteiger charge is 2.25. The molecule has 2 aliphatic rings. The van der Waals surface area contributed by atoms with Gasteiger partial charge in [-0.15, -0.1) is 0 Å². The highest BCUT2D eigenvalue weighted by Crippen LogP contribution is 2.31. The van der Waals surface area contributed by atoms with Gasteiger partial charge >= 0.3 is 0 Å². The lowest BCUT2D eigenvalue weighted by molar-refractivity contribution is -0.115. The zero-order chi connectivity index (χ0) is 26.2. The molecule has 3 N–H and O–H groups in total. The number of halogens is 1. The van der Waals surface area contributed by atoms with Gasteiger partial charge in [-0.05, 0) is 59.8 Å². The van der Waals surface area contributed by atoms with E-state index < -0.39 is 0 Å². The molecule has 2 fully saturated rings. The van der Waals surface area contributed by atoms with Crippen LogP contribution < -0.4 is 20.7 Å². The average molecular weight is 573 g/mol. The Labute approximate surface area is 225 Å². The molecule has 1 saturated heterocycles. The predicted octanol–water partition coefficient (Wildman–Crippen LogP) is 4.49. The Morgan fingerprint density at radius 3 is 2.73 bits per heavy atom. The number of aromatic nitrogens is 2. The summed E-state index contributed by atoms with van der Waals surface area (Å²) in [6, 6.07) is 5.46. The van der Waals surface area contributed by atoms with Crippen LogP contribution in [0, 0.1) is 5.92 Å². The third-order valence-electron chi connectivity index (χ3n) is 6.60. The highest BCUT2D eigenvalue weighted by molar-refractivity contribution is 9.10. The van der Waals surface area contributed by atoms with E-state index in [0.29, 0.717) is 42.0 Å². The maximum absolute atomic E-state index is 12.7. The number of methoxy groups -OCH3 is 1. The second-order valence-corrected chi connectivity index (χ2v) is 10.1. The van der Waals surface area contributed by atoms with Crippen molar-refractivity contribution in [3.63, 3.8) is 0 Å². The van der Waals surface area contributed by atoms with Gasteiger partial charge in [-0.3, -0.25) is 9.59 Å². The maximum Gasteiger partial charge on any atom is 0.251 e. The molecular weight excluding hydrogens is 540 g/mol. The third kappa shape index (κ3) is 7.48. The molecule has 10 nitrogen and oxygen atoms in total. The molecule has 0 radical (unpaired) electrons. The molecule has 2 atom stereocenters. The molecule has 198 valence electrons. The number of rotatable bonds is 8. The van der Waals surface area contributed by atoms with Crippen LogP contribution in [-0.4, -0.2) is 60.4 Å². The fourth-order valence-electron chi connectivity index (χ4n) is 4.59. The van der Waals surface area contributed by atoms with Crippen molar-refractivity contribution >= 4 is 51.4 Å². The summed E-state index contributed by atoms with van der Waals surface area (Å²) in [4.78, 5) is 37.1. The summed E-state index contributed by atoms with van der Waals surface area (Å²) in [7, 11) is 1.56. The first-order valence-electron chi connectivity index (χ1n) is 12.6. The summed E-state index contributed by atoms with van der Waals surface area (Å²) in [5, 5.41) is 9.77. The number of aliphatic imine (C=N–C) groups is 1. The van der Waals surface area contributed by atoms with Crippen molar-refractivity contribution in [3.8, 4) is 5.75 Å². The Bertz CT molecular complexity index is 1140. The van der Waals surface area contributed by atoms with Crippen LogP contribution in [0.1, 0.15) is 55.8 Å². The maximum atomic E-state index is 12.7. The number of benzene rings is 1. The van der Waals surface area contributed by atoms with Gasteiger partial charge in [0, 0.05) is 56.1 Å². The van der Waals surface area contributed by atoms with Crippen LogP contribution in [0.2, 0.25) is 0 Å². The number of amides is 2. The summed E-state index contributed by atoms with van der Waals surface area (Å²) < 4.78 is 11.6. The molecule has 37 heavy (non-hydrogen) atoms. The van der Waals surface area contributed by atoms with Crippen molar-refractivity contribution in [3.05, 3.63) is 34.4 Å². The van der Waals surface area contributed by atoms with Gasteiger partial charge in [-0.25, -0.2) is 9.98 Å². The molecule has 0 bridgehead atoms. The number of anilines is 3. The molecule has 0 spiro atoms. The second kappa shape index (κ2) is 13.0. The molecule has 1 saturated carbocycles. The van der Waals surface area contributed by atoms with Crippen LogP contribution in [0.5, 0.6) is 5.75 Å². The van der Waals surface area contributed by atoms with Crippen molar-refractivity contribution in [2.45, 2.75) is 57.5 Å². The minimum Gasteiger partial charge on any atom is -0.495 e. The van der Waals surface area contributed by atoms with E-state index in [0.717, 1.165) is 43.0 Å². The Hall–Kier alpha value is -3.05. The topological polar surface area (TPSA) is 127 Å². The van der Waals surface area contributed by atoms with Gasteiger partial charge in [-0.1, -0.05) is 12.8 Å². The molecular formula is C26H33BrN6O4. The smallest absolute Gasteiger partial charge is 0.251 e. The monoisotopic (exact) mass is 572 g/mol. The molecule has 1 aromatic heterocycles. The van der Waals surface area contributed by atoms with Crippen LogP contribution in [-0.2, 0) is 9.53 Å². The highest BCUT2D eigenvalue weighted by atomic mass is 79.9. The van der Waals surface area contributed by atoms with Gasteiger partial charge in [0.2, 0.25) is 11.9 Å². The molecule has 2 aromatic rings. The summed E-state index contributed by atoms with van der Waals surface area (Å²) in [5.41, 5.74) is 1.16. The standard InChI is InChI=1S/C26H33BrN6O4/c1-16(34)28-14-18-5-3-4-6-21(18)31-24-20(27)15-29-26(33-24)32-22-8-7-17(13-23(22)36-2)25(35)30-19-9-11-37-12-10-19/h7-8,13-15,18-19,21H,3-6,9-12H2,1-2H3,(H,30,35)(H2,29,31,32,33)/t18?,21-/m1/s1. The largest absolute Gasteiger partial charge is 0.495 e. The molecule has 1 unspecified atom stereocenters. The number of hydrogen-bond acceptors (Lipinski definition) is 8. The normalized spacial score (nSPS) is 20.4. The minimum absolute atomic E-state index is 0.110. The van der Waals surface area contributed by atoms with E-state index in [9.17, 15) is 9.59 Å². The number of carbonyl (C=O) groups excluding carboxylic acids is 2. The molecule has 1 aliphatic heterocycles. The van der Waals surface area contributed by atoms with Crippen LogP contribution in [0.15, 0.2) is 33.9 Å². The van der Waals surface area contributed by atoms with Crippen molar-refractivity contribution in [2.75, 3.05) is 31.0 Å². The Morgan fingerprint density at radius 2 is 1.97 bits per heavy atom. The number of hydrogen-bond donors (Lipinski definition) is 3. The van der Waals surface area contributed by atoms with E-state index in [1.54, 1.807) is 37.7 Å². The van der Waals surface area contributed by atoms with Crippen LogP contribution in [0.4, 0.5) is 17.5 Å². The fourth-order valence-corrected chi connectivity index (χ4v) is 4.89. The Kier molecular flexibility index (Phi) is 9.45. The van der Waals surface area contributed by atoms with E-state index in [2.05, 4.69) is 46.8 Å². The van der Waals surface area contributed by atoms with Crippen molar-refractivity contribution in [1.82, 2.24) is 15.3 Å². The number of ether oxygens (including phenoxy) is 2. The van der Waals surface area contributed by atoms with Gasteiger partial charge in [0.15, 0.2) is 0 Å². The zero-order valence-electron chi connectivity index (χ0n) is 21.1. The lowest BCUT2D eigenvalue weighted by Gasteiger charge is -2.30. The molecule has 1 aliphatic carbocycles. The fraction of sp³-hybridized carbons (Fsp3) is 0.500. The van der Waals surface area contributed by atoms with Gasteiger partial charge in [0.25, 0.3) is 5.91 Å². The van der Waals surface area contributed by atoms with Crippen LogP contribution in [0.25, 0.3) is 0 Å². The first-order valence-corrected chi connectivity index (χ1v) is 13.4. The molecule has 1 aromatic carbocycles. The molecule has 2 amide bonds. The van der Waals surface area contributed by atoms with Gasteiger partial charge < -0.3 is 25.4 Å². The van der Waals surface area contributed by atoms with Crippen LogP contribution >= 0.6 is 15.9 Å². The molecule has 2 heterocycles. The lowest BCUT2D eigenvalue weighted by Crippen LogP contribution is -2.38. The van der Waals surface area contributed by atoms with Crippen LogP contribution in [0.3, 0.4) is 0 Å². The van der Waals surface area contributed by atoms with E-state index in [-0.39, 0.29) is 29.8 Å². The quantitative estimate of drug-likeness (QED) is 0.395. The van der Waals surface area contributed by atoms with E-state index in [1.165, 1.54) is 6.92 Å². The lowest BCUT2D eigenvalue weighted by atomic mass is 9.85. The minimum atomic E-state index is -0.194. The van der Waals surface area contributed by atoms with Gasteiger partial charge in [-0.2, -0.15) is 4.98 Å². The van der Waals surface area contributed by atoms with Gasteiger partial charge in [0.1, 0.15) is 11.6 Å². The zero-order valence-corrected chi connectivity index (χ0v) is 22.7. The number of carbonyl (C=O) groups is 2. The van der Waals surface area contributed by atoms with E-state index in [4.69, 9.17) is 9.47 Å². The summed E-state index contributed by atoms with van der Waals surface area (Å²) in [6.45, 7) is 2.78. The number of nitrogens with zero attached hydrogens (tertiary/aromatic N) is 3. The predicted molar refractivity (Wildman–Crippen MR) is 146 cm³/mol. The SMILES string of the molecule is COc1cc(C(=O)NC2CCOCC2)ccc1Nc1ncc(Br)c(N[C@@H]2CCCCC2C=NC(C)=O)n1. The first-order chi connectivity index (χ1) is 17.9. The van der Waals surface area contributed by atoms with Crippen molar-refractivity contribution < 1.29 is 19.1 Å². The summed E-state index contributed by atoms with van der Waals surface area (Å²) in [6.07, 6.45) is 9.19. The van der Waals surface area contributed by atoms with Gasteiger partial charge in [0.05, 0.1) is 17.3 Å². The number of nitrogens with one attached hydrogen (secondary N) is 3. The Morgan fingerprint density at radius 1 is 1.19 bits per heavy atom. The first kappa shape index (κ1) is 27.0. The van der Waals surface area contributed by atoms with E-state index >= 15 is 0 Å². The second-order valence-electron chi connectivity index (χ2n) is 9.29.